The summed E-state index contributed by atoms with van der Waals surface area (Å²) >= 11 is 0. The molecule has 2 N–H and O–H groups in total. The molecular formula is C23H17FN2O5. The summed E-state index contributed by atoms with van der Waals surface area (Å²) < 4.78 is 13.3. The van der Waals surface area contributed by atoms with Gasteiger partial charge in [-0.15, -0.1) is 0 Å². The number of rotatable bonds is 3. The third kappa shape index (κ3) is 3.00. The highest BCUT2D eigenvalue weighted by atomic mass is 19.1. The summed E-state index contributed by atoms with van der Waals surface area (Å²) in [4.78, 5) is 33.5. The Bertz CT molecular complexity index is 1170. The van der Waals surface area contributed by atoms with E-state index in [0.717, 1.165) is 4.90 Å². The standard InChI is InChI=1S/C23H17FN2O5/c24-14-7-9-15(10-8-14)25-22(29)19-20(13-6-11-17(27)18(28)12-13)26(31-21(19)23(25)30)16-4-2-1-3-5-16/h1-12,19-21,27-28H/t19-,20+,21+/m1/s1. The number of carbonyl (C=O) groups is 2. The minimum Gasteiger partial charge on any atom is -0.504 e. The molecule has 0 bridgehead atoms. The van der Waals surface area contributed by atoms with Crippen molar-refractivity contribution in [2.45, 2.75) is 12.1 Å². The lowest BCUT2D eigenvalue weighted by Crippen LogP contribution is -2.37. The second-order valence-corrected chi connectivity index (χ2v) is 7.39. The van der Waals surface area contributed by atoms with Gasteiger partial charge >= 0.3 is 0 Å². The number of phenols is 2. The van der Waals surface area contributed by atoms with Crippen LogP contribution in [0.15, 0.2) is 72.8 Å². The van der Waals surface area contributed by atoms with Crippen molar-refractivity contribution in [1.29, 1.82) is 0 Å². The molecule has 2 aliphatic heterocycles. The summed E-state index contributed by atoms with van der Waals surface area (Å²) in [5.74, 6) is -3.06. The maximum Gasteiger partial charge on any atom is 0.266 e. The second kappa shape index (κ2) is 7.10. The van der Waals surface area contributed by atoms with Crippen LogP contribution in [-0.4, -0.2) is 28.1 Å². The summed E-state index contributed by atoms with van der Waals surface area (Å²) in [6, 6.07) is 17.6. The molecule has 0 saturated carbocycles. The Kier molecular flexibility index (Phi) is 4.37. The van der Waals surface area contributed by atoms with Gasteiger partial charge in [-0.05, 0) is 54.1 Å². The van der Waals surface area contributed by atoms with Crippen LogP contribution in [0.25, 0.3) is 0 Å². The molecule has 0 radical (unpaired) electrons. The van der Waals surface area contributed by atoms with Crippen LogP contribution in [0.1, 0.15) is 11.6 Å². The van der Waals surface area contributed by atoms with Gasteiger partial charge < -0.3 is 10.2 Å². The number of benzene rings is 3. The number of aromatic hydroxyl groups is 2. The number of amides is 2. The molecule has 2 fully saturated rings. The zero-order valence-electron chi connectivity index (χ0n) is 16.1. The van der Waals surface area contributed by atoms with Gasteiger partial charge in [0.25, 0.3) is 5.91 Å². The SMILES string of the molecule is O=C1[C@H]2[C@H](ON(c3ccccc3)[C@H]2c2ccc(O)c(O)c2)C(=O)N1c1ccc(F)cc1. The van der Waals surface area contributed by atoms with Crippen molar-refractivity contribution in [2.75, 3.05) is 9.96 Å². The first kappa shape index (κ1) is 19.1. The van der Waals surface area contributed by atoms with Crippen LogP contribution >= 0.6 is 0 Å². The zero-order chi connectivity index (χ0) is 21.7. The Morgan fingerprint density at radius 2 is 1.52 bits per heavy atom. The molecule has 8 heteroatoms. The van der Waals surface area contributed by atoms with Crippen LogP contribution in [0.4, 0.5) is 15.8 Å². The van der Waals surface area contributed by atoms with E-state index in [4.69, 9.17) is 4.84 Å². The monoisotopic (exact) mass is 420 g/mol. The van der Waals surface area contributed by atoms with E-state index in [-0.39, 0.29) is 17.2 Å². The number of nitrogens with zero attached hydrogens (tertiary/aromatic N) is 2. The lowest BCUT2D eigenvalue weighted by atomic mass is 9.90. The first-order valence-electron chi connectivity index (χ1n) is 9.62. The minimum atomic E-state index is -1.08. The minimum absolute atomic E-state index is 0.257. The first-order valence-corrected chi connectivity index (χ1v) is 9.62. The maximum atomic E-state index is 13.4. The Morgan fingerprint density at radius 3 is 2.19 bits per heavy atom. The van der Waals surface area contributed by atoms with Crippen molar-refractivity contribution < 1.29 is 29.0 Å². The molecule has 31 heavy (non-hydrogen) atoms. The topological polar surface area (TPSA) is 90.3 Å². The van der Waals surface area contributed by atoms with Crippen molar-refractivity contribution in [2.24, 2.45) is 5.92 Å². The number of hydrogen-bond donors (Lipinski definition) is 2. The van der Waals surface area contributed by atoms with E-state index in [1.54, 1.807) is 30.3 Å². The summed E-state index contributed by atoms with van der Waals surface area (Å²) in [5, 5.41) is 21.2. The molecule has 0 aliphatic carbocycles. The van der Waals surface area contributed by atoms with E-state index >= 15 is 0 Å². The van der Waals surface area contributed by atoms with Gasteiger partial charge in [-0.3, -0.25) is 14.4 Å². The fraction of sp³-hybridized carbons (Fsp3) is 0.130. The normalized spacial score (nSPS) is 22.8. The molecule has 0 unspecified atom stereocenters. The molecule has 2 saturated heterocycles. The molecule has 3 aromatic rings. The van der Waals surface area contributed by atoms with E-state index < -0.39 is 35.7 Å². The fourth-order valence-corrected chi connectivity index (χ4v) is 4.12. The molecule has 7 nitrogen and oxygen atoms in total. The Labute approximate surface area is 176 Å². The maximum absolute atomic E-state index is 13.4. The third-order valence-corrected chi connectivity index (χ3v) is 5.55. The zero-order valence-corrected chi connectivity index (χ0v) is 16.1. The molecule has 0 spiro atoms. The van der Waals surface area contributed by atoms with Crippen LogP contribution in [0.5, 0.6) is 11.5 Å². The lowest BCUT2D eigenvalue weighted by Gasteiger charge is -2.28. The molecule has 156 valence electrons. The number of fused-ring (bicyclic) bond motifs is 1. The Morgan fingerprint density at radius 1 is 0.806 bits per heavy atom. The van der Waals surface area contributed by atoms with E-state index in [2.05, 4.69) is 0 Å². The predicted octanol–water partition coefficient (Wildman–Crippen LogP) is 3.29. The molecule has 3 atom stereocenters. The third-order valence-electron chi connectivity index (χ3n) is 5.55. The van der Waals surface area contributed by atoms with Gasteiger partial charge in [-0.1, -0.05) is 24.3 Å². The number of carbonyl (C=O) groups excluding carboxylic acids is 2. The first-order chi connectivity index (χ1) is 15.0. The number of anilines is 2. The van der Waals surface area contributed by atoms with Crippen molar-refractivity contribution in [1.82, 2.24) is 0 Å². The average molecular weight is 420 g/mol. The van der Waals surface area contributed by atoms with Crippen LogP contribution in [0.2, 0.25) is 0 Å². The fourth-order valence-electron chi connectivity index (χ4n) is 4.12. The van der Waals surface area contributed by atoms with Crippen molar-refractivity contribution in [3.05, 3.63) is 84.2 Å². The second-order valence-electron chi connectivity index (χ2n) is 7.39. The summed E-state index contributed by atoms with van der Waals surface area (Å²) in [6.45, 7) is 0. The van der Waals surface area contributed by atoms with Crippen molar-refractivity contribution in [3.8, 4) is 11.5 Å². The van der Waals surface area contributed by atoms with E-state index in [1.807, 2.05) is 6.07 Å². The quantitative estimate of drug-likeness (QED) is 0.499. The molecule has 2 aliphatic rings. The van der Waals surface area contributed by atoms with Crippen LogP contribution in [0, 0.1) is 11.7 Å². The van der Waals surface area contributed by atoms with Gasteiger partial charge in [0.05, 0.1) is 17.4 Å². The average Bonchev–Trinajstić information content (AvgIpc) is 3.28. The van der Waals surface area contributed by atoms with Gasteiger partial charge in [0.1, 0.15) is 11.7 Å². The van der Waals surface area contributed by atoms with Gasteiger partial charge in [-0.2, -0.15) is 0 Å². The highest BCUT2D eigenvalue weighted by molar-refractivity contribution is 6.23. The van der Waals surface area contributed by atoms with E-state index in [9.17, 15) is 24.2 Å². The van der Waals surface area contributed by atoms with E-state index in [0.29, 0.717) is 11.3 Å². The summed E-state index contributed by atoms with van der Waals surface area (Å²) in [7, 11) is 0. The number of hydroxylamine groups is 1. The summed E-state index contributed by atoms with van der Waals surface area (Å²) in [6.07, 6.45) is -1.08. The molecule has 5 rings (SSSR count). The largest absolute Gasteiger partial charge is 0.504 e. The predicted molar refractivity (Wildman–Crippen MR) is 109 cm³/mol. The highest BCUT2D eigenvalue weighted by Crippen LogP contribution is 2.48. The number of halogens is 1. The highest BCUT2D eigenvalue weighted by Gasteiger charge is 2.60. The van der Waals surface area contributed by atoms with Gasteiger partial charge in [0.2, 0.25) is 5.91 Å². The van der Waals surface area contributed by atoms with E-state index in [1.165, 1.54) is 41.5 Å². The Balaban J connectivity index is 1.60. The van der Waals surface area contributed by atoms with Crippen molar-refractivity contribution in [3.63, 3.8) is 0 Å². The molecule has 2 amide bonds. The van der Waals surface area contributed by atoms with Gasteiger partial charge in [0, 0.05) is 0 Å². The Hall–Kier alpha value is -3.91. The molecule has 3 aromatic carbocycles. The molecular weight excluding hydrogens is 403 g/mol. The summed E-state index contributed by atoms with van der Waals surface area (Å²) in [5.41, 5.74) is 1.38. The number of imide groups is 1. The van der Waals surface area contributed by atoms with Crippen LogP contribution in [0.3, 0.4) is 0 Å². The van der Waals surface area contributed by atoms with Crippen LogP contribution < -0.4 is 9.96 Å². The van der Waals surface area contributed by atoms with Gasteiger partial charge in [0.15, 0.2) is 17.6 Å². The lowest BCUT2D eigenvalue weighted by molar-refractivity contribution is -0.126. The van der Waals surface area contributed by atoms with Gasteiger partial charge in [-0.25, -0.2) is 14.4 Å². The van der Waals surface area contributed by atoms with Crippen LogP contribution in [-0.2, 0) is 14.4 Å². The number of para-hydroxylation sites is 1. The number of phenolic OH excluding ortho intramolecular Hbond substituents is 2. The van der Waals surface area contributed by atoms with Crippen molar-refractivity contribution >= 4 is 23.2 Å². The smallest absolute Gasteiger partial charge is 0.266 e. The molecule has 2 heterocycles. The molecule has 0 aromatic heterocycles. The number of hydrogen-bond acceptors (Lipinski definition) is 6.